The Morgan fingerprint density at radius 3 is 2.21 bits per heavy atom. The van der Waals surface area contributed by atoms with Crippen molar-refractivity contribution < 1.29 is 5.11 Å². The molecule has 0 amide bonds. The summed E-state index contributed by atoms with van der Waals surface area (Å²) in [7, 11) is 1.91. The predicted molar refractivity (Wildman–Crippen MR) is 85.0 cm³/mol. The lowest BCUT2D eigenvalue weighted by Crippen LogP contribution is -2.45. The molecule has 1 rings (SSSR count). The molecule has 0 saturated carbocycles. The van der Waals surface area contributed by atoms with E-state index in [4.69, 9.17) is 0 Å². The van der Waals surface area contributed by atoms with E-state index in [9.17, 15) is 5.11 Å². The van der Waals surface area contributed by atoms with E-state index in [-0.39, 0.29) is 12.1 Å². The van der Waals surface area contributed by atoms with Crippen LogP contribution in [0.5, 0.6) is 0 Å². The minimum Gasteiger partial charge on any atom is -0.394 e. The summed E-state index contributed by atoms with van der Waals surface area (Å²) in [6.07, 6.45) is 0.941. The second-order valence-electron chi connectivity index (χ2n) is 5.83. The molecule has 19 heavy (non-hydrogen) atoms. The molecule has 0 heterocycles. The molecular weight excluding hydrogens is 254 g/mol. The molecule has 2 unspecified atom stereocenters. The van der Waals surface area contributed by atoms with Gasteiger partial charge in [0.05, 0.1) is 6.61 Å². The van der Waals surface area contributed by atoms with Crippen molar-refractivity contribution in [2.75, 3.05) is 13.7 Å². The van der Waals surface area contributed by atoms with Crippen LogP contribution in [0.1, 0.15) is 45.6 Å². The van der Waals surface area contributed by atoms with E-state index >= 15 is 0 Å². The number of thioether (sulfide) groups is 1. The van der Waals surface area contributed by atoms with Crippen molar-refractivity contribution in [3.63, 3.8) is 0 Å². The maximum Gasteiger partial charge on any atom is 0.0610 e. The van der Waals surface area contributed by atoms with Crippen molar-refractivity contribution in [3.05, 3.63) is 29.8 Å². The molecule has 0 fully saturated rings. The zero-order valence-electron chi connectivity index (χ0n) is 12.7. The summed E-state index contributed by atoms with van der Waals surface area (Å²) in [4.78, 5) is 1.30. The SMILES string of the molecule is CNC(C)(CO)CC(C)Sc1ccc(C(C)C)cc1. The first-order valence-electron chi connectivity index (χ1n) is 6.96. The molecule has 0 saturated heterocycles. The molecule has 1 aromatic carbocycles. The van der Waals surface area contributed by atoms with Crippen LogP contribution in [-0.4, -0.2) is 29.5 Å². The maximum absolute atomic E-state index is 9.43. The molecule has 2 N–H and O–H groups in total. The van der Waals surface area contributed by atoms with Crippen molar-refractivity contribution in [2.45, 2.75) is 55.7 Å². The number of benzene rings is 1. The Bertz CT molecular complexity index is 371. The van der Waals surface area contributed by atoms with Gasteiger partial charge < -0.3 is 10.4 Å². The number of hydrogen-bond acceptors (Lipinski definition) is 3. The highest BCUT2D eigenvalue weighted by molar-refractivity contribution is 7.99. The van der Waals surface area contributed by atoms with Crippen molar-refractivity contribution >= 4 is 11.8 Å². The molecule has 0 aliphatic carbocycles. The van der Waals surface area contributed by atoms with Crippen LogP contribution < -0.4 is 5.32 Å². The fourth-order valence-electron chi connectivity index (χ4n) is 2.09. The molecule has 108 valence electrons. The summed E-state index contributed by atoms with van der Waals surface area (Å²) in [5, 5.41) is 13.1. The highest BCUT2D eigenvalue weighted by Crippen LogP contribution is 2.29. The Morgan fingerprint density at radius 1 is 1.21 bits per heavy atom. The van der Waals surface area contributed by atoms with Crippen LogP contribution in [0.15, 0.2) is 29.2 Å². The number of nitrogens with one attached hydrogen (secondary N) is 1. The minimum absolute atomic E-state index is 0.167. The summed E-state index contributed by atoms with van der Waals surface area (Å²) < 4.78 is 0. The van der Waals surface area contributed by atoms with Gasteiger partial charge in [0.25, 0.3) is 0 Å². The Kier molecular flexibility index (Phi) is 6.37. The average Bonchev–Trinajstić information content (AvgIpc) is 2.39. The molecule has 0 bridgehead atoms. The van der Waals surface area contributed by atoms with Crippen molar-refractivity contribution in [3.8, 4) is 0 Å². The molecule has 2 nitrogen and oxygen atoms in total. The molecular formula is C16H27NOS. The first-order chi connectivity index (χ1) is 8.90. The lowest BCUT2D eigenvalue weighted by Gasteiger charge is -2.29. The summed E-state index contributed by atoms with van der Waals surface area (Å²) in [6, 6.07) is 8.82. The van der Waals surface area contributed by atoms with Crippen molar-refractivity contribution in [2.24, 2.45) is 0 Å². The number of rotatable bonds is 7. The topological polar surface area (TPSA) is 32.3 Å². The van der Waals surface area contributed by atoms with E-state index in [1.165, 1.54) is 10.5 Å². The van der Waals surface area contributed by atoms with Crippen LogP contribution in [0.3, 0.4) is 0 Å². The van der Waals surface area contributed by atoms with Gasteiger partial charge in [-0.15, -0.1) is 11.8 Å². The van der Waals surface area contributed by atoms with Gasteiger partial charge in [-0.3, -0.25) is 0 Å². The molecule has 0 aliphatic heterocycles. The first-order valence-corrected chi connectivity index (χ1v) is 7.84. The van der Waals surface area contributed by atoms with Crippen LogP contribution >= 0.6 is 11.8 Å². The number of aliphatic hydroxyl groups is 1. The summed E-state index contributed by atoms with van der Waals surface area (Å²) in [5.41, 5.74) is 1.19. The average molecular weight is 281 g/mol. The normalized spacial score (nSPS) is 16.4. The summed E-state index contributed by atoms with van der Waals surface area (Å²) in [5.74, 6) is 0.582. The number of likely N-dealkylation sites (N-methyl/N-ethyl adjacent to an activating group) is 1. The molecule has 3 heteroatoms. The van der Waals surface area contributed by atoms with Crippen LogP contribution in [0.2, 0.25) is 0 Å². The van der Waals surface area contributed by atoms with Gasteiger partial charge in [-0.05, 0) is 44.0 Å². The van der Waals surface area contributed by atoms with Gasteiger partial charge in [-0.25, -0.2) is 0 Å². The van der Waals surface area contributed by atoms with Gasteiger partial charge in [-0.1, -0.05) is 32.9 Å². The highest BCUT2D eigenvalue weighted by atomic mass is 32.2. The molecule has 0 aromatic heterocycles. The zero-order chi connectivity index (χ0) is 14.5. The zero-order valence-corrected chi connectivity index (χ0v) is 13.6. The van der Waals surface area contributed by atoms with E-state index in [0.717, 1.165) is 6.42 Å². The van der Waals surface area contributed by atoms with E-state index in [0.29, 0.717) is 11.2 Å². The summed E-state index contributed by atoms with van der Waals surface area (Å²) >= 11 is 1.87. The second-order valence-corrected chi connectivity index (χ2v) is 7.34. The van der Waals surface area contributed by atoms with Gasteiger partial charge in [0.15, 0.2) is 0 Å². The smallest absolute Gasteiger partial charge is 0.0610 e. The summed E-state index contributed by atoms with van der Waals surface area (Å²) in [6.45, 7) is 8.87. The second kappa shape index (κ2) is 7.32. The number of aliphatic hydroxyl groups excluding tert-OH is 1. The standard InChI is InChI=1S/C16H27NOS/c1-12(2)14-6-8-15(9-7-14)19-13(3)10-16(4,11-18)17-5/h6-9,12-13,17-18H,10-11H2,1-5H3. The van der Waals surface area contributed by atoms with Crippen LogP contribution in [0.25, 0.3) is 0 Å². The Labute approximate surface area is 122 Å². The van der Waals surface area contributed by atoms with E-state index < -0.39 is 0 Å². The molecule has 0 aliphatic rings. The van der Waals surface area contributed by atoms with Gasteiger partial charge >= 0.3 is 0 Å². The van der Waals surface area contributed by atoms with E-state index in [1.807, 2.05) is 18.8 Å². The Hall–Kier alpha value is -0.510. The van der Waals surface area contributed by atoms with Crippen molar-refractivity contribution in [1.29, 1.82) is 0 Å². The Balaban J connectivity index is 2.59. The van der Waals surface area contributed by atoms with Gasteiger partial charge in [-0.2, -0.15) is 0 Å². The molecule has 0 spiro atoms. The fraction of sp³-hybridized carbons (Fsp3) is 0.625. The van der Waals surface area contributed by atoms with Crippen LogP contribution in [0.4, 0.5) is 0 Å². The molecule has 0 radical (unpaired) electrons. The lowest BCUT2D eigenvalue weighted by molar-refractivity contribution is 0.174. The monoisotopic (exact) mass is 281 g/mol. The van der Waals surface area contributed by atoms with Gasteiger partial charge in [0.1, 0.15) is 0 Å². The maximum atomic E-state index is 9.43. The minimum atomic E-state index is -0.190. The van der Waals surface area contributed by atoms with Crippen LogP contribution in [0, 0.1) is 0 Å². The first kappa shape index (κ1) is 16.5. The third kappa shape index (κ3) is 5.17. The third-order valence-corrected chi connectivity index (χ3v) is 4.69. The van der Waals surface area contributed by atoms with E-state index in [2.05, 4.69) is 57.3 Å². The van der Waals surface area contributed by atoms with Gasteiger partial charge in [0, 0.05) is 15.7 Å². The van der Waals surface area contributed by atoms with E-state index in [1.54, 1.807) is 0 Å². The van der Waals surface area contributed by atoms with Crippen LogP contribution in [-0.2, 0) is 0 Å². The molecule has 2 atom stereocenters. The predicted octanol–water partition coefficient (Wildman–Crippen LogP) is 3.65. The van der Waals surface area contributed by atoms with Gasteiger partial charge in [0.2, 0.25) is 0 Å². The Morgan fingerprint density at radius 2 is 1.79 bits per heavy atom. The fourth-order valence-corrected chi connectivity index (χ4v) is 3.29. The number of hydrogen-bond donors (Lipinski definition) is 2. The largest absolute Gasteiger partial charge is 0.394 e. The lowest BCUT2D eigenvalue weighted by atomic mass is 9.97. The molecule has 1 aromatic rings. The van der Waals surface area contributed by atoms with Crippen molar-refractivity contribution in [1.82, 2.24) is 5.32 Å². The third-order valence-electron chi connectivity index (χ3n) is 3.57. The quantitative estimate of drug-likeness (QED) is 0.748. The highest BCUT2D eigenvalue weighted by Gasteiger charge is 2.24.